The van der Waals surface area contributed by atoms with E-state index in [4.69, 9.17) is 0 Å². The van der Waals surface area contributed by atoms with Crippen LogP contribution in [0.4, 0.5) is 11.4 Å². The number of nitrogens with one attached hydrogen (secondary N) is 1. The minimum atomic E-state index is -0.773. The van der Waals surface area contributed by atoms with E-state index in [9.17, 15) is 25.0 Å². The Labute approximate surface area is 180 Å². The first-order chi connectivity index (χ1) is 14.9. The fourth-order valence-electron chi connectivity index (χ4n) is 3.60. The minimum absolute atomic E-state index is 0.129. The average Bonchev–Trinajstić information content (AvgIpc) is 3.04. The van der Waals surface area contributed by atoms with Crippen LogP contribution in [0.3, 0.4) is 0 Å². The van der Waals surface area contributed by atoms with E-state index >= 15 is 0 Å². The van der Waals surface area contributed by atoms with Crippen molar-refractivity contribution in [3.05, 3.63) is 69.8 Å². The highest BCUT2D eigenvalue weighted by atomic mass is 16.6. The Hall–Kier alpha value is -3.93. The zero-order valence-corrected chi connectivity index (χ0v) is 17.2. The first kappa shape index (κ1) is 21.8. The summed E-state index contributed by atoms with van der Waals surface area (Å²) in [6.45, 7) is 3.91. The standard InChI is InChI=1S/C22H23N5O4/c1-16(24-21(28)17-7-4-8-19(14-17)27(30)31)22(29)26-11-5-10-25(12-13-26)20-9-3-2-6-18(20)15-23/h2-4,6-9,14,16H,5,10-13H2,1H3,(H,24,28). The zero-order valence-electron chi connectivity index (χ0n) is 17.2. The van der Waals surface area contributed by atoms with E-state index in [0.717, 1.165) is 18.7 Å². The molecule has 9 nitrogen and oxygen atoms in total. The Balaban J connectivity index is 1.62. The molecule has 1 heterocycles. The van der Waals surface area contributed by atoms with Crippen molar-refractivity contribution >= 4 is 23.2 Å². The van der Waals surface area contributed by atoms with E-state index < -0.39 is 16.9 Å². The molecule has 0 spiro atoms. The fourth-order valence-corrected chi connectivity index (χ4v) is 3.60. The summed E-state index contributed by atoms with van der Waals surface area (Å²) in [5.74, 6) is -0.752. The van der Waals surface area contributed by atoms with Gasteiger partial charge >= 0.3 is 0 Å². The van der Waals surface area contributed by atoms with Gasteiger partial charge < -0.3 is 15.1 Å². The summed E-state index contributed by atoms with van der Waals surface area (Å²) in [7, 11) is 0. The molecule has 2 aromatic carbocycles. The number of rotatable bonds is 5. The second-order valence-corrected chi connectivity index (χ2v) is 7.30. The number of nitro groups is 1. The van der Waals surface area contributed by atoms with Crippen molar-refractivity contribution in [3.8, 4) is 6.07 Å². The highest BCUT2D eigenvalue weighted by Gasteiger charge is 2.25. The Kier molecular flexibility index (Phi) is 6.82. The van der Waals surface area contributed by atoms with Crippen molar-refractivity contribution < 1.29 is 14.5 Å². The normalized spacial score (nSPS) is 14.8. The smallest absolute Gasteiger partial charge is 0.270 e. The Bertz CT molecular complexity index is 1030. The zero-order chi connectivity index (χ0) is 22.4. The molecule has 3 rings (SSSR count). The van der Waals surface area contributed by atoms with Gasteiger partial charge in [-0.25, -0.2) is 0 Å². The molecule has 2 aromatic rings. The number of carbonyl (C=O) groups is 2. The highest BCUT2D eigenvalue weighted by Crippen LogP contribution is 2.21. The molecule has 2 amide bonds. The average molecular weight is 421 g/mol. The van der Waals surface area contributed by atoms with Gasteiger partial charge in [-0.05, 0) is 31.5 Å². The van der Waals surface area contributed by atoms with Crippen molar-refractivity contribution in [2.75, 3.05) is 31.1 Å². The van der Waals surface area contributed by atoms with Crippen LogP contribution >= 0.6 is 0 Å². The lowest BCUT2D eigenvalue weighted by atomic mass is 10.1. The molecule has 1 saturated heterocycles. The second kappa shape index (κ2) is 9.71. The molecule has 1 aliphatic heterocycles. The quantitative estimate of drug-likeness (QED) is 0.584. The van der Waals surface area contributed by atoms with Gasteiger partial charge in [-0.3, -0.25) is 19.7 Å². The summed E-state index contributed by atoms with van der Waals surface area (Å²) >= 11 is 0. The van der Waals surface area contributed by atoms with Gasteiger partial charge in [0.1, 0.15) is 12.1 Å². The molecule has 1 unspecified atom stereocenters. The predicted octanol–water partition coefficient (Wildman–Crippen LogP) is 2.32. The molecule has 0 aliphatic carbocycles. The number of non-ortho nitro benzene ring substituents is 1. The van der Waals surface area contributed by atoms with Crippen molar-refractivity contribution in [3.63, 3.8) is 0 Å². The molecular weight excluding hydrogens is 398 g/mol. The van der Waals surface area contributed by atoms with Gasteiger partial charge in [-0.15, -0.1) is 0 Å². The number of amides is 2. The first-order valence-electron chi connectivity index (χ1n) is 9.99. The van der Waals surface area contributed by atoms with E-state index in [0.29, 0.717) is 25.2 Å². The van der Waals surface area contributed by atoms with Crippen LogP contribution in [-0.2, 0) is 4.79 Å². The number of nitrogens with zero attached hydrogens (tertiary/aromatic N) is 4. The van der Waals surface area contributed by atoms with Gasteiger partial charge in [-0.2, -0.15) is 5.26 Å². The maximum atomic E-state index is 12.9. The Morgan fingerprint density at radius 3 is 2.65 bits per heavy atom. The fraction of sp³-hybridized carbons (Fsp3) is 0.318. The monoisotopic (exact) mass is 421 g/mol. The van der Waals surface area contributed by atoms with Crippen molar-refractivity contribution in [2.24, 2.45) is 0 Å². The molecular formula is C22H23N5O4. The molecule has 1 aliphatic rings. The van der Waals surface area contributed by atoms with Crippen LogP contribution in [0.15, 0.2) is 48.5 Å². The number of para-hydroxylation sites is 1. The largest absolute Gasteiger partial charge is 0.369 e. The number of nitriles is 1. The molecule has 31 heavy (non-hydrogen) atoms. The third-order valence-corrected chi connectivity index (χ3v) is 5.21. The van der Waals surface area contributed by atoms with Crippen LogP contribution < -0.4 is 10.2 Å². The molecule has 0 radical (unpaired) electrons. The summed E-state index contributed by atoms with van der Waals surface area (Å²) in [6, 6.07) is 14.2. The summed E-state index contributed by atoms with van der Waals surface area (Å²) < 4.78 is 0. The number of benzene rings is 2. The van der Waals surface area contributed by atoms with Gasteiger partial charge in [0.15, 0.2) is 0 Å². The Morgan fingerprint density at radius 2 is 1.90 bits per heavy atom. The van der Waals surface area contributed by atoms with Crippen molar-refractivity contribution in [2.45, 2.75) is 19.4 Å². The maximum absolute atomic E-state index is 12.9. The van der Waals surface area contributed by atoms with Gasteiger partial charge in [0, 0.05) is 43.9 Å². The van der Waals surface area contributed by atoms with Crippen LogP contribution in [0.1, 0.15) is 29.3 Å². The summed E-state index contributed by atoms with van der Waals surface area (Å²) in [6.07, 6.45) is 0.733. The first-order valence-corrected chi connectivity index (χ1v) is 9.99. The molecule has 1 fully saturated rings. The van der Waals surface area contributed by atoms with Crippen LogP contribution in [-0.4, -0.2) is 53.9 Å². The van der Waals surface area contributed by atoms with E-state index in [1.165, 1.54) is 24.3 Å². The number of anilines is 1. The number of hydrogen-bond acceptors (Lipinski definition) is 6. The lowest BCUT2D eigenvalue weighted by Gasteiger charge is -2.26. The second-order valence-electron chi connectivity index (χ2n) is 7.30. The van der Waals surface area contributed by atoms with E-state index in [1.807, 2.05) is 18.2 Å². The third-order valence-electron chi connectivity index (χ3n) is 5.21. The minimum Gasteiger partial charge on any atom is -0.369 e. The summed E-state index contributed by atoms with van der Waals surface area (Å²) in [5, 5.41) is 22.9. The maximum Gasteiger partial charge on any atom is 0.270 e. The topological polar surface area (TPSA) is 120 Å². The molecule has 0 aromatic heterocycles. The van der Waals surface area contributed by atoms with Crippen molar-refractivity contribution in [1.29, 1.82) is 5.26 Å². The van der Waals surface area contributed by atoms with E-state index in [2.05, 4.69) is 16.3 Å². The van der Waals surface area contributed by atoms with Crippen LogP contribution in [0, 0.1) is 21.4 Å². The lowest BCUT2D eigenvalue weighted by Crippen LogP contribution is -2.48. The highest BCUT2D eigenvalue weighted by molar-refractivity contribution is 5.97. The SMILES string of the molecule is CC(NC(=O)c1cccc([N+](=O)[O-])c1)C(=O)N1CCCN(c2ccccc2C#N)CC1. The molecule has 0 bridgehead atoms. The number of carbonyl (C=O) groups excluding carboxylic acids is 2. The number of nitro benzene ring substituents is 1. The molecule has 1 N–H and O–H groups in total. The lowest BCUT2D eigenvalue weighted by molar-refractivity contribution is -0.384. The van der Waals surface area contributed by atoms with E-state index in [-0.39, 0.29) is 17.2 Å². The molecule has 0 saturated carbocycles. The molecule has 9 heteroatoms. The summed E-state index contributed by atoms with van der Waals surface area (Å²) in [5.41, 5.74) is 1.40. The van der Waals surface area contributed by atoms with Crippen LogP contribution in [0.25, 0.3) is 0 Å². The predicted molar refractivity (Wildman–Crippen MR) is 115 cm³/mol. The number of hydrogen-bond donors (Lipinski definition) is 1. The van der Waals surface area contributed by atoms with Gasteiger partial charge in [0.05, 0.1) is 16.2 Å². The molecule has 1 atom stereocenters. The van der Waals surface area contributed by atoms with Crippen molar-refractivity contribution in [1.82, 2.24) is 10.2 Å². The van der Waals surface area contributed by atoms with Gasteiger partial charge in [0.25, 0.3) is 11.6 Å². The molecule has 160 valence electrons. The van der Waals surface area contributed by atoms with Gasteiger partial charge in [0.2, 0.25) is 5.91 Å². The third kappa shape index (κ3) is 5.17. The van der Waals surface area contributed by atoms with E-state index in [1.54, 1.807) is 17.9 Å². The Morgan fingerprint density at radius 1 is 1.13 bits per heavy atom. The summed E-state index contributed by atoms with van der Waals surface area (Å²) in [4.78, 5) is 39.5. The van der Waals surface area contributed by atoms with Gasteiger partial charge in [-0.1, -0.05) is 18.2 Å². The van der Waals surface area contributed by atoms with Crippen LogP contribution in [0.5, 0.6) is 0 Å². The van der Waals surface area contributed by atoms with Crippen LogP contribution in [0.2, 0.25) is 0 Å².